The molecule has 0 amide bonds. The monoisotopic (exact) mass is 588 g/mol. The van der Waals surface area contributed by atoms with Gasteiger partial charge >= 0.3 is 0 Å². The molecule has 0 aromatic heterocycles. The molecule has 0 radical (unpaired) electrons. The third kappa shape index (κ3) is 6.99. The lowest BCUT2D eigenvalue weighted by Gasteiger charge is -2.20. The van der Waals surface area contributed by atoms with E-state index in [1.807, 2.05) is 43.3 Å². The maximum absolute atomic E-state index is 6.41. The summed E-state index contributed by atoms with van der Waals surface area (Å²) in [6.07, 6.45) is 0. The zero-order valence-corrected chi connectivity index (χ0v) is 23.2. The van der Waals surface area contributed by atoms with Crippen LogP contribution in [0.3, 0.4) is 0 Å². The highest BCUT2D eigenvalue weighted by molar-refractivity contribution is 6.50. The van der Waals surface area contributed by atoms with Crippen LogP contribution < -0.4 is 0 Å². The minimum atomic E-state index is -1.10. The van der Waals surface area contributed by atoms with Crippen molar-refractivity contribution in [2.24, 2.45) is 0 Å². The van der Waals surface area contributed by atoms with E-state index in [4.69, 9.17) is 81.2 Å². The molecule has 34 heavy (non-hydrogen) atoms. The molecule has 7 heteroatoms. The van der Waals surface area contributed by atoms with Gasteiger partial charge in [0.05, 0.1) is 0 Å². The number of alkyl halides is 4. The van der Waals surface area contributed by atoms with E-state index in [1.54, 1.807) is 60.7 Å². The molecule has 4 aromatic rings. The Morgan fingerprint density at radius 2 is 0.588 bits per heavy atom. The van der Waals surface area contributed by atoms with Crippen LogP contribution >= 0.6 is 81.2 Å². The first-order valence-corrected chi connectivity index (χ1v) is 12.8. The average Bonchev–Trinajstić information content (AvgIpc) is 2.81. The molecular formula is C27H19Cl7. The van der Waals surface area contributed by atoms with Crippen LogP contribution in [-0.4, -0.2) is 0 Å². The molecule has 0 unspecified atom stereocenters. The molecule has 0 atom stereocenters. The van der Waals surface area contributed by atoms with Crippen molar-refractivity contribution in [3.63, 3.8) is 0 Å². The summed E-state index contributed by atoms with van der Waals surface area (Å²) in [7, 11) is 0. The van der Waals surface area contributed by atoms with Gasteiger partial charge in [0, 0.05) is 15.1 Å². The summed E-state index contributed by atoms with van der Waals surface area (Å²) in [5.74, 6) is 0. The largest absolute Gasteiger partial charge is 0.168 e. The van der Waals surface area contributed by atoms with Crippen molar-refractivity contribution >= 4 is 81.2 Å². The van der Waals surface area contributed by atoms with E-state index in [-0.39, 0.29) is 0 Å². The predicted octanol–water partition coefficient (Wildman–Crippen LogP) is 11.0. The van der Waals surface area contributed by atoms with E-state index in [1.165, 1.54) is 5.56 Å². The highest BCUT2D eigenvalue weighted by Crippen LogP contribution is 2.42. The lowest BCUT2D eigenvalue weighted by atomic mass is 10.0. The molecule has 0 saturated carbocycles. The smallest absolute Gasteiger partial charge is 0.0909 e. The summed E-state index contributed by atoms with van der Waals surface area (Å²) < 4.78 is -2.15. The van der Waals surface area contributed by atoms with Crippen LogP contribution in [0.15, 0.2) is 97.1 Å². The van der Waals surface area contributed by atoms with E-state index >= 15 is 0 Å². The standard InChI is InChI=1S/C14H11Cl3.C13H8Cl4/c1-10-2-4-11(5-3-10)14(16,17)12-6-8-13(15)9-7-12;14-11-5-1-9(2-6-11)13(16,17)10-3-7-12(15)8-4-10/h2-9H,1H3;1-8H. The van der Waals surface area contributed by atoms with Gasteiger partial charge in [-0.15, -0.1) is 0 Å². The second kappa shape index (κ2) is 11.8. The Hall–Kier alpha value is -1.09. The molecular weight excluding hydrogens is 572 g/mol. The van der Waals surface area contributed by atoms with Crippen LogP contribution in [0.2, 0.25) is 15.1 Å². The fourth-order valence-corrected chi connectivity index (χ4v) is 4.46. The molecule has 4 rings (SSSR count). The van der Waals surface area contributed by atoms with E-state index < -0.39 is 8.67 Å². The number of halogens is 7. The maximum atomic E-state index is 6.41. The molecule has 0 saturated heterocycles. The minimum absolute atomic E-state index is 0.647. The van der Waals surface area contributed by atoms with Gasteiger partial charge in [-0.25, -0.2) is 0 Å². The highest BCUT2D eigenvalue weighted by atomic mass is 35.5. The average molecular weight is 592 g/mol. The summed E-state index contributed by atoms with van der Waals surface area (Å²) in [6.45, 7) is 2.02. The van der Waals surface area contributed by atoms with Gasteiger partial charge in [-0.05, 0) is 65.6 Å². The van der Waals surface area contributed by atoms with Gasteiger partial charge in [0.15, 0.2) is 8.67 Å². The molecule has 176 valence electrons. The first kappa shape index (κ1) is 27.5. The topological polar surface area (TPSA) is 0 Å². The van der Waals surface area contributed by atoms with Crippen molar-refractivity contribution in [1.29, 1.82) is 0 Å². The van der Waals surface area contributed by atoms with Crippen molar-refractivity contribution in [3.05, 3.63) is 140 Å². The van der Waals surface area contributed by atoms with Crippen LogP contribution in [0.5, 0.6) is 0 Å². The lowest BCUT2D eigenvalue weighted by Crippen LogP contribution is -2.11. The van der Waals surface area contributed by atoms with Crippen LogP contribution in [0, 0.1) is 6.92 Å². The van der Waals surface area contributed by atoms with Crippen molar-refractivity contribution in [1.82, 2.24) is 0 Å². The van der Waals surface area contributed by atoms with Crippen molar-refractivity contribution in [3.8, 4) is 0 Å². The summed E-state index contributed by atoms with van der Waals surface area (Å²) in [4.78, 5) is 0. The number of rotatable bonds is 4. The fourth-order valence-electron chi connectivity index (χ4n) is 3.07. The molecule has 0 aliphatic rings. The van der Waals surface area contributed by atoms with Crippen LogP contribution in [0.25, 0.3) is 0 Å². The molecule has 0 nitrogen and oxygen atoms in total. The quantitative estimate of drug-likeness (QED) is 0.207. The van der Waals surface area contributed by atoms with Gasteiger partial charge in [-0.2, -0.15) is 0 Å². The Bertz CT molecular complexity index is 1000. The molecule has 0 heterocycles. The molecule has 4 aromatic carbocycles. The van der Waals surface area contributed by atoms with Crippen molar-refractivity contribution in [2.45, 2.75) is 15.6 Å². The van der Waals surface area contributed by atoms with Gasteiger partial charge in [-0.3, -0.25) is 0 Å². The van der Waals surface area contributed by atoms with E-state index in [0.717, 1.165) is 22.3 Å². The predicted molar refractivity (Wildman–Crippen MR) is 151 cm³/mol. The first-order valence-electron chi connectivity index (χ1n) is 10.1. The molecule has 0 bridgehead atoms. The fraction of sp³-hybridized carbons (Fsp3) is 0.111. The first-order chi connectivity index (χ1) is 16.0. The van der Waals surface area contributed by atoms with Crippen LogP contribution in [0.4, 0.5) is 0 Å². The maximum Gasteiger partial charge on any atom is 0.168 e. The van der Waals surface area contributed by atoms with Gasteiger partial charge < -0.3 is 0 Å². The van der Waals surface area contributed by atoms with Crippen molar-refractivity contribution in [2.75, 3.05) is 0 Å². The summed E-state index contributed by atoms with van der Waals surface area (Å²) in [6, 6.07) is 29.3. The summed E-state index contributed by atoms with van der Waals surface area (Å²) in [5, 5.41) is 1.96. The Balaban J connectivity index is 0.000000191. The molecule has 0 fully saturated rings. The normalized spacial score (nSPS) is 11.5. The van der Waals surface area contributed by atoms with Crippen molar-refractivity contribution < 1.29 is 0 Å². The van der Waals surface area contributed by atoms with E-state index in [0.29, 0.717) is 15.1 Å². The Morgan fingerprint density at radius 3 is 0.824 bits per heavy atom. The molecule has 0 spiro atoms. The third-order valence-corrected chi connectivity index (χ3v) is 7.54. The summed E-state index contributed by atoms with van der Waals surface area (Å²) in [5.41, 5.74) is 4.39. The van der Waals surface area contributed by atoms with Crippen LogP contribution in [0.1, 0.15) is 27.8 Å². The second-order valence-electron chi connectivity index (χ2n) is 7.54. The number of aryl methyl sites for hydroxylation is 1. The molecule has 0 aliphatic carbocycles. The highest BCUT2D eigenvalue weighted by Gasteiger charge is 2.29. The third-order valence-electron chi connectivity index (χ3n) is 5.03. The minimum Gasteiger partial charge on any atom is -0.0909 e. The molecule has 0 N–H and O–H groups in total. The Morgan fingerprint density at radius 1 is 0.382 bits per heavy atom. The van der Waals surface area contributed by atoms with Gasteiger partial charge in [-0.1, -0.05) is 147 Å². The van der Waals surface area contributed by atoms with Gasteiger partial charge in [0.2, 0.25) is 0 Å². The second-order valence-corrected chi connectivity index (χ2v) is 11.5. The molecule has 0 aliphatic heterocycles. The van der Waals surface area contributed by atoms with Gasteiger partial charge in [0.25, 0.3) is 0 Å². The lowest BCUT2D eigenvalue weighted by molar-refractivity contribution is 1.04. The SMILES string of the molecule is Cc1ccc(C(Cl)(Cl)c2ccc(Cl)cc2)cc1.Clc1ccc(C(Cl)(Cl)c2ccc(Cl)cc2)cc1. The summed E-state index contributed by atoms with van der Waals surface area (Å²) >= 11 is 43.1. The van der Waals surface area contributed by atoms with E-state index in [2.05, 4.69) is 0 Å². The zero-order valence-electron chi connectivity index (χ0n) is 17.9. The van der Waals surface area contributed by atoms with Gasteiger partial charge in [0.1, 0.15) is 0 Å². The number of benzene rings is 4. The van der Waals surface area contributed by atoms with Crippen LogP contribution in [-0.2, 0) is 8.67 Å². The number of hydrogen-bond acceptors (Lipinski definition) is 0. The number of hydrogen-bond donors (Lipinski definition) is 0. The van der Waals surface area contributed by atoms with E-state index in [9.17, 15) is 0 Å². The zero-order chi connectivity index (χ0) is 24.9. The Labute approximate surface area is 235 Å². The Kier molecular flexibility index (Phi) is 9.51.